The van der Waals surface area contributed by atoms with Crippen LogP contribution >= 0.6 is 0 Å². The van der Waals surface area contributed by atoms with Crippen LogP contribution in [0.15, 0.2) is 48.5 Å². The maximum absolute atomic E-state index is 12.5. The van der Waals surface area contributed by atoms with Crippen molar-refractivity contribution in [2.24, 2.45) is 0 Å². The van der Waals surface area contributed by atoms with Crippen molar-refractivity contribution in [2.45, 2.75) is 26.3 Å². The molecular formula is C19H18N4O. The minimum atomic E-state index is -0.168. The van der Waals surface area contributed by atoms with Crippen molar-refractivity contribution in [3.05, 3.63) is 59.9 Å². The summed E-state index contributed by atoms with van der Waals surface area (Å²) in [6.45, 7) is 2.27. The Morgan fingerprint density at radius 1 is 1.21 bits per heavy atom. The van der Waals surface area contributed by atoms with E-state index in [9.17, 15) is 4.79 Å². The van der Waals surface area contributed by atoms with E-state index >= 15 is 0 Å². The standard InChI is InChI=1S/C19H18N4O/c1-2-7-18-21-16-10-5-6-11-17(16)23(18)13-19(24)22-15-9-4-3-8-14(15)12-20/h3-6,8-11H,2,7,13H2,1H3,(H,22,24). The summed E-state index contributed by atoms with van der Waals surface area (Å²) >= 11 is 0. The lowest BCUT2D eigenvalue weighted by Gasteiger charge is -2.10. The van der Waals surface area contributed by atoms with Gasteiger partial charge in [-0.05, 0) is 30.7 Å². The molecule has 0 spiro atoms. The Hall–Kier alpha value is -3.13. The van der Waals surface area contributed by atoms with Crippen LogP contribution in [0.4, 0.5) is 5.69 Å². The Morgan fingerprint density at radius 2 is 1.96 bits per heavy atom. The Kier molecular flexibility index (Phi) is 4.57. The fourth-order valence-corrected chi connectivity index (χ4v) is 2.74. The second-order valence-corrected chi connectivity index (χ2v) is 5.56. The highest BCUT2D eigenvalue weighted by Gasteiger charge is 2.14. The maximum atomic E-state index is 12.5. The third-order valence-corrected chi connectivity index (χ3v) is 3.83. The van der Waals surface area contributed by atoms with Crippen molar-refractivity contribution in [3.8, 4) is 6.07 Å². The molecule has 3 aromatic rings. The van der Waals surface area contributed by atoms with Crippen molar-refractivity contribution in [1.29, 1.82) is 5.26 Å². The van der Waals surface area contributed by atoms with Crippen molar-refractivity contribution in [1.82, 2.24) is 9.55 Å². The molecule has 0 saturated heterocycles. The summed E-state index contributed by atoms with van der Waals surface area (Å²) < 4.78 is 1.95. The van der Waals surface area contributed by atoms with Crippen LogP contribution in [-0.2, 0) is 17.8 Å². The average molecular weight is 318 g/mol. The van der Waals surface area contributed by atoms with E-state index in [1.54, 1.807) is 24.3 Å². The number of nitrogens with one attached hydrogen (secondary N) is 1. The molecule has 0 radical (unpaired) electrons. The third-order valence-electron chi connectivity index (χ3n) is 3.83. The van der Waals surface area contributed by atoms with Gasteiger partial charge in [0, 0.05) is 6.42 Å². The third kappa shape index (κ3) is 3.13. The summed E-state index contributed by atoms with van der Waals surface area (Å²) in [5.74, 6) is 0.737. The fraction of sp³-hybridized carbons (Fsp3) is 0.211. The average Bonchev–Trinajstić information content (AvgIpc) is 2.93. The van der Waals surface area contributed by atoms with E-state index in [-0.39, 0.29) is 12.5 Å². The molecule has 0 bridgehead atoms. The Balaban J connectivity index is 1.88. The van der Waals surface area contributed by atoms with Gasteiger partial charge in [-0.15, -0.1) is 0 Å². The zero-order valence-electron chi connectivity index (χ0n) is 13.5. The minimum Gasteiger partial charge on any atom is -0.323 e. The van der Waals surface area contributed by atoms with Crippen molar-refractivity contribution >= 4 is 22.6 Å². The van der Waals surface area contributed by atoms with Gasteiger partial charge in [-0.25, -0.2) is 4.98 Å². The number of aromatic nitrogens is 2. The van der Waals surface area contributed by atoms with Gasteiger partial charge in [0.1, 0.15) is 18.4 Å². The number of nitriles is 1. The number of hydrogen-bond acceptors (Lipinski definition) is 3. The smallest absolute Gasteiger partial charge is 0.244 e. The van der Waals surface area contributed by atoms with E-state index in [0.717, 1.165) is 29.7 Å². The van der Waals surface area contributed by atoms with Crippen molar-refractivity contribution < 1.29 is 4.79 Å². The van der Waals surface area contributed by atoms with E-state index in [2.05, 4.69) is 23.3 Å². The maximum Gasteiger partial charge on any atom is 0.244 e. The van der Waals surface area contributed by atoms with Gasteiger partial charge in [-0.2, -0.15) is 5.26 Å². The van der Waals surface area contributed by atoms with E-state index in [1.807, 2.05) is 28.8 Å². The second-order valence-electron chi connectivity index (χ2n) is 5.56. The van der Waals surface area contributed by atoms with Gasteiger partial charge in [0.25, 0.3) is 0 Å². The summed E-state index contributed by atoms with van der Waals surface area (Å²) in [6.07, 6.45) is 1.78. The highest BCUT2D eigenvalue weighted by atomic mass is 16.1. The number of benzene rings is 2. The van der Waals surface area contributed by atoms with Crippen molar-refractivity contribution in [2.75, 3.05) is 5.32 Å². The molecule has 0 aliphatic carbocycles. The molecule has 1 amide bonds. The van der Waals surface area contributed by atoms with Gasteiger partial charge in [-0.3, -0.25) is 4.79 Å². The molecule has 0 saturated carbocycles. The molecule has 1 N–H and O–H groups in total. The summed E-state index contributed by atoms with van der Waals surface area (Å²) in [6, 6.07) is 16.9. The van der Waals surface area contributed by atoms with E-state index < -0.39 is 0 Å². The number of imidazole rings is 1. The summed E-state index contributed by atoms with van der Waals surface area (Å²) in [5, 5.41) is 12.0. The summed E-state index contributed by atoms with van der Waals surface area (Å²) in [7, 11) is 0. The van der Waals surface area contributed by atoms with Crippen LogP contribution in [0.1, 0.15) is 24.7 Å². The summed E-state index contributed by atoms with van der Waals surface area (Å²) in [4.78, 5) is 17.1. The first-order valence-electron chi connectivity index (χ1n) is 7.96. The molecule has 2 aromatic carbocycles. The van der Waals surface area contributed by atoms with Gasteiger partial charge in [0.2, 0.25) is 5.91 Å². The number of amides is 1. The van der Waals surface area contributed by atoms with E-state index in [0.29, 0.717) is 11.3 Å². The lowest BCUT2D eigenvalue weighted by atomic mass is 10.2. The Bertz CT molecular complexity index is 921. The second kappa shape index (κ2) is 6.97. The Labute approximate surface area is 140 Å². The van der Waals surface area contributed by atoms with Crippen LogP contribution in [0.2, 0.25) is 0 Å². The molecule has 1 heterocycles. The predicted octanol–water partition coefficient (Wildman–Crippen LogP) is 3.50. The molecule has 0 unspecified atom stereocenters. The number of fused-ring (bicyclic) bond motifs is 1. The minimum absolute atomic E-state index is 0.168. The van der Waals surface area contributed by atoms with Gasteiger partial charge in [-0.1, -0.05) is 31.2 Å². The van der Waals surface area contributed by atoms with Gasteiger partial charge < -0.3 is 9.88 Å². The molecule has 0 fully saturated rings. The first-order chi connectivity index (χ1) is 11.7. The highest BCUT2D eigenvalue weighted by Crippen LogP contribution is 2.18. The van der Waals surface area contributed by atoms with Crippen LogP contribution in [0, 0.1) is 11.3 Å². The molecule has 5 heteroatoms. The molecule has 120 valence electrons. The molecule has 0 atom stereocenters. The van der Waals surface area contributed by atoms with E-state index in [4.69, 9.17) is 5.26 Å². The van der Waals surface area contributed by atoms with Crippen LogP contribution in [-0.4, -0.2) is 15.5 Å². The lowest BCUT2D eigenvalue weighted by Crippen LogP contribution is -2.20. The molecule has 3 rings (SSSR count). The largest absolute Gasteiger partial charge is 0.323 e. The van der Waals surface area contributed by atoms with Crippen molar-refractivity contribution in [3.63, 3.8) is 0 Å². The number of hydrogen-bond donors (Lipinski definition) is 1. The van der Waals surface area contributed by atoms with Crippen LogP contribution in [0.5, 0.6) is 0 Å². The van der Waals surface area contributed by atoms with Gasteiger partial charge in [0.05, 0.1) is 22.3 Å². The number of aryl methyl sites for hydroxylation is 1. The zero-order chi connectivity index (χ0) is 16.9. The molecule has 5 nitrogen and oxygen atoms in total. The number of anilines is 1. The predicted molar refractivity (Wildman–Crippen MR) is 93.5 cm³/mol. The van der Waals surface area contributed by atoms with E-state index in [1.165, 1.54) is 0 Å². The van der Waals surface area contributed by atoms with Crippen LogP contribution in [0.3, 0.4) is 0 Å². The van der Waals surface area contributed by atoms with Gasteiger partial charge >= 0.3 is 0 Å². The molecule has 24 heavy (non-hydrogen) atoms. The van der Waals surface area contributed by atoms with Crippen LogP contribution in [0.25, 0.3) is 11.0 Å². The number of nitrogens with zero attached hydrogens (tertiary/aromatic N) is 3. The first-order valence-corrected chi connectivity index (χ1v) is 7.96. The first kappa shape index (κ1) is 15.8. The quantitative estimate of drug-likeness (QED) is 0.782. The number of carbonyl (C=O) groups is 1. The monoisotopic (exact) mass is 318 g/mol. The molecular weight excluding hydrogens is 300 g/mol. The lowest BCUT2D eigenvalue weighted by molar-refractivity contribution is -0.116. The summed E-state index contributed by atoms with van der Waals surface area (Å²) in [5.41, 5.74) is 2.83. The topological polar surface area (TPSA) is 70.7 Å². The number of para-hydroxylation sites is 3. The highest BCUT2D eigenvalue weighted by molar-refractivity contribution is 5.93. The van der Waals surface area contributed by atoms with Gasteiger partial charge in [0.15, 0.2) is 0 Å². The SMILES string of the molecule is CCCc1nc2ccccc2n1CC(=O)Nc1ccccc1C#N. The zero-order valence-corrected chi connectivity index (χ0v) is 13.5. The molecule has 0 aliphatic heterocycles. The van der Waals surface area contributed by atoms with Crippen LogP contribution < -0.4 is 5.32 Å². The fourth-order valence-electron chi connectivity index (χ4n) is 2.74. The number of carbonyl (C=O) groups excluding carboxylic acids is 1. The normalized spacial score (nSPS) is 10.5. The molecule has 0 aliphatic rings. The molecule has 1 aromatic heterocycles. The Morgan fingerprint density at radius 3 is 2.75 bits per heavy atom. The number of rotatable bonds is 5.